The third kappa shape index (κ3) is 3.85. The fourth-order valence-corrected chi connectivity index (χ4v) is 0.369. The lowest BCUT2D eigenvalue weighted by atomic mass is 10.2. The van der Waals surface area contributed by atoms with Crippen molar-refractivity contribution in [1.29, 1.82) is 0 Å². The lowest BCUT2D eigenvalue weighted by Gasteiger charge is -2.04. The number of hydrogen-bond donors (Lipinski definition) is 1. The SMILES string of the molecule is CC(=O)C(C)NCC=O. The van der Waals surface area contributed by atoms with E-state index in [4.69, 9.17) is 0 Å². The Bertz CT molecular complexity index is 112. The van der Waals surface area contributed by atoms with Gasteiger partial charge in [0.05, 0.1) is 12.6 Å². The molecule has 0 aromatic rings. The van der Waals surface area contributed by atoms with Crippen molar-refractivity contribution in [3.8, 4) is 0 Å². The highest BCUT2D eigenvalue weighted by Crippen LogP contribution is 1.79. The van der Waals surface area contributed by atoms with E-state index in [1.807, 2.05) is 0 Å². The van der Waals surface area contributed by atoms with Gasteiger partial charge in [0.15, 0.2) is 0 Å². The van der Waals surface area contributed by atoms with E-state index in [9.17, 15) is 9.59 Å². The van der Waals surface area contributed by atoms with Gasteiger partial charge in [-0.2, -0.15) is 0 Å². The first-order valence-electron chi connectivity index (χ1n) is 2.86. The molecule has 1 unspecified atom stereocenters. The first-order chi connectivity index (χ1) is 4.18. The van der Waals surface area contributed by atoms with Crippen LogP contribution in [0.3, 0.4) is 0 Å². The van der Waals surface area contributed by atoms with Crippen molar-refractivity contribution in [2.45, 2.75) is 19.9 Å². The Balaban J connectivity index is 3.37. The van der Waals surface area contributed by atoms with Gasteiger partial charge < -0.3 is 10.1 Å². The minimum Gasteiger partial charge on any atom is -0.302 e. The number of Topliss-reactive ketones (excluding diaryl/α,β-unsaturated/α-hetero) is 1. The third-order valence-electron chi connectivity index (χ3n) is 1.12. The number of ketones is 1. The van der Waals surface area contributed by atoms with Crippen molar-refractivity contribution < 1.29 is 9.59 Å². The van der Waals surface area contributed by atoms with Gasteiger partial charge in [0, 0.05) is 0 Å². The predicted octanol–water partition coefficient (Wildman–Crippen LogP) is -0.248. The molecule has 0 saturated heterocycles. The fourth-order valence-electron chi connectivity index (χ4n) is 0.369. The van der Waals surface area contributed by atoms with Crippen LogP contribution in [0.2, 0.25) is 0 Å². The van der Waals surface area contributed by atoms with Gasteiger partial charge >= 0.3 is 0 Å². The largest absolute Gasteiger partial charge is 0.302 e. The van der Waals surface area contributed by atoms with Gasteiger partial charge in [-0.3, -0.25) is 4.79 Å². The van der Waals surface area contributed by atoms with Crippen LogP contribution in [0.5, 0.6) is 0 Å². The smallest absolute Gasteiger partial charge is 0.146 e. The lowest BCUT2D eigenvalue weighted by molar-refractivity contribution is -0.118. The van der Waals surface area contributed by atoms with Crippen LogP contribution in [0, 0.1) is 0 Å². The summed E-state index contributed by atoms with van der Waals surface area (Å²) in [7, 11) is 0. The second-order valence-electron chi connectivity index (χ2n) is 1.91. The van der Waals surface area contributed by atoms with Gasteiger partial charge in [0.1, 0.15) is 12.1 Å². The molecule has 52 valence electrons. The lowest BCUT2D eigenvalue weighted by Crippen LogP contribution is -2.33. The zero-order chi connectivity index (χ0) is 7.28. The quantitative estimate of drug-likeness (QED) is 0.532. The zero-order valence-corrected chi connectivity index (χ0v) is 5.68. The summed E-state index contributed by atoms with van der Waals surface area (Å²) in [5.74, 6) is 0.0526. The summed E-state index contributed by atoms with van der Waals surface area (Å²) in [6, 6.07) is -0.199. The van der Waals surface area contributed by atoms with E-state index < -0.39 is 0 Å². The van der Waals surface area contributed by atoms with Gasteiger partial charge in [0.25, 0.3) is 0 Å². The van der Waals surface area contributed by atoms with Crippen LogP contribution in [0.4, 0.5) is 0 Å². The molecule has 0 radical (unpaired) electrons. The zero-order valence-electron chi connectivity index (χ0n) is 5.68. The first-order valence-corrected chi connectivity index (χ1v) is 2.86. The topological polar surface area (TPSA) is 46.2 Å². The maximum absolute atomic E-state index is 10.5. The van der Waals surface area contributed by atoms with Crippen LogP contribution in [0.25, 0.3) is 0 Å². The summed E-state index contributed by atoms with van der Waals surface area (Å²) in [5.41, 5.74) is 0. The highest BCUT2D eigenvalue weighted by Gasteiger charge is 2.03. The van der Waals surface area contributed by atoms with Crippen LogP contribution in [-0.4, -0.2) is 24.7 Å². The van der Waals surface area contributed by atoms with Crippen molar-refractivity contribution in [2.75, 3.05) is 6.54 Å². The van der Waals surface area contributed by atoms with E-state index in [0.29, 0.717) is 0 Å². The Labute approximate surface area is 54.4 Å². The average Bonchev–Trinajstić information content (AvgIpc) is 1.82. The predicted molar refractivity (Wildman–Crippen MR) is 34.2 cm³/mol. The molecule has 0 spiro atoms. The number of nitrogens with one attached hydrogen (secondary N) is 1. The first kappa shape index (κ1) is 8.30. The van der Waals surface area contributed by atoms with Crippen molar-refractivity contribution >= 4 is 12.1 Å². The molecule has 0 aromatic heterocycles. The number of rotatable bonds is 4. The van der Waals surface area contributed by atoms with Gasteiger partial charge in [-0.1, -0.05) is 0 Å². The number of carbonyl (C=O) groups excluding carboxylic acids is 2. The summed E-state index contributed by atoms with van der Waals surface area (Å²) in [6.45, 7) is 3.47. The molecule has 0 aliphatic rings. The summed E-state index contributed by atoms with van der Waals surface area (Å²) in [5, 5.41) is 2.71. The molecule has 0 heterocycles. The van der Waals surface area contributed by atoms with E-state index in [1.165, 1.54) is 6.92 Å². The molecule has 0 amide bonds. The molecule has 0 bridgehead atoms. The molecule has 9 heavy (non-hydrogen) atoms. The number of hydrogen-bond acceptors (Lipinski definition) is 3. The molecule has 3 heteroatoms. The Morgan fingerprint density at radius 2 is 2.33 bits per heavy atom. The normalized spacial score (nSPS) is 12.7. The van der Waals surface area contributed by atoms with Crippen LogP contribution in [0.1, 0.15) is 13.8 Å². The maximum atomic E-state index is 10.5. The number of aldehydes is 1. The highest BCUT2D eigenvalue weighted by molar-refractivity contribution is 5.81. The second kappa shape index (κ2) is 4.21. The summed E-state index contributed by atoms with van der Waals surface area (Å²) in [4.78, 5) is 20.2. The Morgan fingerprint density at radius 1 is 1.78 bits per heavy atom. The van der Waals surface area contributed by atoms with Crippen LogP contribution < -0.4 is 5.32 Å². The molecule has 1 atom stereocenters. The third-order valence-corrected chi connectivity index (χ3v) is 1.12. The minimum atomic E-state index is -0.199. The molecule has 0 aliphatic heterocycles. The van der Waals surface area contributed by atoms with Crippen molar-refractivity contribution in [1.82, 2.24) is 5.32 Å². The van der Waals surface area contributed by atoms with Crippen LogP contribution >= 0.6 is 0 Å². The Hall–Kier alpha value is -0.700. The molecular formula is C6H11NO2. The minimum absolute atomic E-state index is 0.0526. The van der Waals surface area contributed by atoms with Gasteiger partial charge in [-0.25, -0.2) is 0 Å². The van der Waals surface area contributed by atoms with Gasteiger partial charge in [-0.15, -0.1) is 0 Å². The molecule has 1 N–H and O–H groups in total. The monoisotopic (exact) mass is 129 g/mol. The van der Waals surface area contributed by atoms with Crippen molar-refractivity contribution in [2.24, 2.45) is 0 Å². The average molecular weight is 129 g/mol. The highest BCUT2D eigenvalue weighted by atomic mass is 16.1. The van der Waals surface area contributed by atoms with Crippen molar-refractivity contribution in [3.05, 3.63) is 0 Å². The molecular weight excluding hydrogens is 118 g/mol. The Morgan fingerprint density at radius 3 is 2.67 bits per heavy atom. The van der Waals surface area contributed by atoms with Gasteiger partial charge in [-0.05, 0) is 13.8 Å². The molecule has 0 fully saturated rings. The summed E-state index contributed by atoms with van der Waals surface area (Å²) < 4.78 is 0. The van der Waals surface area contributed by atoms with Crippen LogP contribution in [0.15, 0.2) is 0 Å². The van der Waals surface area contributed by atoms with Crippen molar-refractivity contribution in [3.63, 3.8) is 0 Å². The Kier molecular flexibility index (Phi) is 3.88. The maximum Gasteiger partial charge on any atom is 0.146 e. The van der Waals surface area contributed by atoms with E-state index in [2.05, 4.69) is 5.32 Å². The van der Waals surface area contributed by atoms with E-state index in [1.54, 1.807) is 6.92 Å². The second-order valence-corrected chi connectivity index (χ2v) is 1.91. The molecule has 0 rings (SSSR count). The summed E-state index contributed by atoms with van der Waals surface area (Å²) >= 11 is 0. The van der Waals surface area contributed by atoms with E-state index in [-0.39, 0.29) is 18.4 Å². The van der Waals surface area contributed by atoms with Crippen LogP contribution in [-0.2, 0) is 9.59 Å². The summed E-state index contributed by atoms with van der Waals surface area (Å²) in [6.07, 6.45) is 0.736. The standard InChI is InChI=1S/C6H11NO2/c1-5(6(2)9)7-3-4-8/h4-5,7H,3H2,1-2H3. The van der Waals surface area contributed by atoms with Gasteiger partial charge in [0.2, 0.25) is 0 Å². The molecule has 0 aliphatic carbocycles. The molecule has 3 nitrogen and oxygen atoms in total. The fraction of sp³-hybridized carbons (Fsp3) is 0.667. The molecule has 0 saturated carbocycles. The van der Waals surface area contributed by atoms with E-state index >= 15 is 0 Å². The number of carbonyl (C=O) groups is 2. The molecule has 0 aromatic carbocycles. The van der Waals surface area contributed by atoms with E-state index in [0.717, 1.165) is 6.29 Å².